The molecule has 32 heavy (non-hydrogen) atoms. The number of hydrogen-bond acceptors (Lipinski definition) is 6. The maximum absolute atomic E-state index is 12.7. The maximum Gasteiger partial charge on any atom is 0.316 e. The number of amides is 1. The summed E-state index contributed by atoms with van der Waals surface area (Å²) in [5, 5.41) is 4.67. The van der Waals surface area contributed by atoms with Gasteiger partial charge in [0.15, 0.2) is 5.75 Å². The number of aromatic nitrogens is 2. The summed E-state index contributed by atoms with van der Waals surface area (Å²) in [6, 6.07) is 13.8. The molecule has 1 amide bonds. The quantitative estimate of drug-likeness (QED) is 0.451. The topological polar surface area (TPSA) is 91.6 Å². The monoisotopic (exact) mass is 451 g/mol. The number of rotatable bonds is 6. The zero-order valence-corrected chi connectivity index (χ0v) is 18.6. The van der Waals surface area contributed by atoms with Crippen LogP contribution < -0.4 is 25.9 Å². The van der Waals surface area contributed by atoms with E-state index in [1.54, 1.807) is 48.5 Å². The molecule has 0 saturated heterocycles. The molecular weight excluding hydrogens is 430 g/mol. The van der Waals surface area contributed by atoms with Crippen LogP contribution in [0.3, 0.4) is 0 Å². The summed E-state index contributed by atoms with van der Waals surface area (Å²) in [5.74, 6) is 1.27. The second kappa shape index (κ2) is 8.72. The molecule has 0 aliphatic rings. The summed E-state index contributed by atoms with van der Waals surface area (Å²) in [4.78, 5) is 37.8. The summed E-state index contributed by atoms with van der Waals surface area (Å²) in [6.45, 7) is 2.45. The number of carbonyl (C=O) groups is 1. The van der Waals surface area contributed by atoms with Gasteiger partial charge in [0.1, 0.15) is 11.5 Å². The molecule has 2 heterocycles. The number of fused-ring (bicyclic) bond motifs is 1. The molecule has 0 spiro atoms. The Labute approximate surface area is 187 Å². The van der Waals surface area contributed by atoms with Crippen LogP contribution in [0.2, 0.25) is 0 Å². The number of benzene rings is 2. The molecule has 8 nitrogen and oxygen atoms in total. The van der Waals surface area contributed by atoms with Crippen molar-refractivity contribution in [2.75, 3.05) is 11.9 Å². The Kier molecular flexibility index (Phi) is 5.83. The predicted molar refractivity (Wildman–Crippen MR) is 124 cm³/mol. The first-order valence-electron chi connectivity index (χ1n) is 9.88. The highest BCUT2D eigenvalue weighted by molar-refractivity contribution is 7.12. The maximum atomic E-state index is 12.7. The van der Waals surface area contributed by atoms with Gasteiger partial charge < -0.3 is 23.9 Å². The van der Waals surface area contributed by atoms with Crippen LogP contribution in [0.5, 0.6) is 17.2 Å². The van der Waals surface area contributed by atoms with Crippen LogP contribution in [0.1, 0.15) is 16.6 Å². The third-order valence-corrected chi connectivity index (χ3v) is 5.82. The number of thiophene rings is 1. The Morgan fingerprint density at radius 1 is 0.969 bits per heavy atom. The molecule has 1 N–H and O–H groups in total. The van der Waals surface area contributed by atoms with Crippen molar-refractivity contribution in [3.05, 3.63) is 79.5 Å². The Bertz CT molecular complexity index is 1400. The van der Waals surface area contributed by atoms with Crippen molar-refractivity contribution in [2.45, 2.75) is 6.92 Å². The number of nitrogens with zero attached hydrogens (tertiary/aromatic N) is 2. The van der Waals surface area contributed by atoms with E-state index >= 15 is 0 Å². The van der Waals surface area contributed by atoms with E-state index in [4.69, 9.17) is 9.47 Å². The number of hydrogen-bond donors (Lipinski definition) is 1. The highest BCUT2D eigenvalue weighted by Gasteiger charge is 2.17. The summed E-state index contributed by atoms with van der Waals surface area (Å²) < 4.78 is 14.1. The first kappa shape index (κ1) is 21.4. The molecule has 0 saturated carbocycles. The molecule has 2 aromatic heterocycles. The largest absolute Gasteiger partial charge is 0.494 e. The smallest absolute Gasteiger partial charge is 0.316 e. The van der Waals surface area contributed by atoms with Gasteiger partial charge in [-0.25, -0.2) is 0 Å². The summed E-state index contributed by atoms with van der Waals surface area (Å²) in [6.07, 6.45) is 0. The van der Waals surface area contributed by atoms with Gasteiger partial charge in [0.05, 0.1) is 28.2 Å². The molecule has 0 bridgehead atoms. The van der Waals surface area contributed by atoms with Crippen molar-refractivity contribution in [1.82, 2.24) is 9.13 Å². The standard InChI is InChI=1S/C23H21N3O5S/c1-4-30-14-7-9-15(10-8-14)31-19-13-18-17(25(2)22(28)23(29)26(18)3)12-16(19)24-21(27)20-6-5-11-32-20/h5-13H,4H2,1-3H3,(H,24,27). The Morgan fingerprint density at radius 2 is 1.59 bits per heavy atom. The van der Waals surface area contributed by atoms with Gasteiger partial charge in [-0.05, 0) is 48.7 Å². The Hall–Kier alpha value is -3.85. The number of anilines is 1. The third kappa shape index (κ3) is 4.02. The lowest BCUT2D eigenvalue weighted by molar-refractivity contribution is 0.103. The van der Waals surface area contributed by atoms with E-state index in [2.05, 4.69) is 5.32 Å². The molecule has 0 unspecified atom stereocenters. The summed E-state index contributed by atoms with van der Waals surface area (Å²) in [5.41, 5.74) is 0.0429. The lowest BCUT2D eigenvalue weighted by Gasteiger charge is -2.16. The van der Waals surface area contributed by atoms with Gasteiger partial charge in [-0.3, -0.25) is 14.4 Å². The number of aryl methyl sites for hydroxylation is 2. The van der Waals surface area contributed by atoms with Crippen LogP contribution in [0, 0.1) is 0 Å². The van der Waals surface area contributed by atoms with E-state index < -0.39 is 11.1 Å². The van der Waals surface area contributed by atoms with E-state index in [0.717, 1.165) is 0 Å². The average Bonchev–Trinajstić information content (AvgIpc) is 3.34. The zero-order valence-electron chi connectivity index (χ0n) is 17.7. The molecule has 0 radical (unpaired) electrons. The van der Waals surface area contributed by atoms with Gasteiger partial charge in [0, 0.05) is 20.2 Å². The van der Waals surface area contributed by atoms with E-state index in [1.807, 2.05) is 12.3 Å². The molecule has 0 aliphatic heterocycles. The molecule has 164 valence electrons. The number of carbonyl (C=O) groups excluding carboxylic acids is 1. The van der Waals surface area contributed by atoms with E-state index in [0.29, 0.717) is 45.5 Å². The van der Waals surface area contributed by atoms with E-state index in [9.17, 15) is 14.4 Å². The van der Waals surface area contributed by atoms with Crippen LogP contribution in [0.4, 0.5) is 5.69 Å². The van der Waals surface area contributed by atoms with Crippen molar-refractivity contribution < 1.29 is 14.3 Å². The molecule has 0 atom stereocenters. The zero-order chi connectivity index (χ0) is 22.8. The molecule has 4 aromatic rings. The lowest BCUT2D eigenvalue weighted by atomic mass is 10.2. The van der Waals surface area contributed by atoms with Crippen LogP contribution in [0.25, 0.3) is 11.0 Å². The van der Waals surface area contributed by atoms with Crippen molar-refractivity contribution >= 4 is 34.0 Å². The summed E-state index contributed by atoms with van der Waals surface area (Å²) in [7, 11) is 3.04. The molecule has 4 rings (SSSR count). The molecule has 0 aliphatic carbocycles. The van der Waals surface area contributed by atoms with Crippen LogP contribution >= 0.6 is 11.3 Å². The SMILES string of the molecule is CCOc1ccc(Oc2cc3c(cc2NC(=O)c2cccs2)n(C)c(=O)c(=O)n3C)cc1. The van der Waals surface area contributed by atoms with Crippen LogP contribution in [0.15, 0.2) is 63.5 Å². The minimum absolute atomic E-state index is 0.300. The highest BCUT2D eigenvalue weighted by Crippen LogP contribution is 2.34. The van der Waals surface area contributed by atoms with Crippen molar-refractivity contribution in [3.8, 4) is 17.2 Å². The fourth-order valence-electron chi connectivity index (χ4n) is 3.27. The van der Waals surface area contributed by atoms with Gasteiger partial charge in [0.2, 0.25) is 0 Å². The van der Waals surface area contributed by atoms with Gasteiger partial charge in [0.25, 0.3) is 5.91 Å². The number of ether oxygens (including phenoxy) is 2. The minimum atomic E-state index is -0.657. The first-order valence-corrected chi connectivity index (χ1v) is 10.8. The lowest BCUT2D eigenvalue weighted by Crippen LogP contribution is -2.39. The van der Waals surface area contributed by atoms with Crippen molar-refractivity contribution in [2.24, 2.45) is 14.1 Å². The van der Waals surface area contributed by atoms with E-state index in [-0.39, 0.29) is 5.91 Å². The second-order valence-corrected chi connectivity index (χ2v) is 7.95. The average molecular weight is 452 g/mol. The molecule has 9 heteroatoms. The fraction of sp³-hybridized carbons (Fsp3) is 0.174. The highest BCUT2D eigenvalue weighted by atomic mass is 32.1. The minimum Gasteiger partial charge on any atom is -0.494 e. The third-order valence-electron chi connectivity index (χ3n) is 4.95. The number of nitrogens with one attached hydrogen (secondary N) is 1. The normalized spacial score (nSPS) is 10.8. The van der Waals surface area contributed by atoms with Gasteiger partial charge >= 0.3 is 11.1 Å². The van der Waals surface area contributed by atoms with E-state index in [1.165, 1.54) is 34.6 Å². The Morgan fingerprint density at radius 3 is 2.19 bits per heavy atom. The van der Waals surface area contributed by atoms with Gasteiger partial charge in [-0.1, -0.05) is 6.07 Å². The molecule has 2 aromatic carbocycles. The van der Waals surface area contributed by atoms with Crippen molar-refractivity contribution in [3.63, 3.8) is 0 Å². The molecule has 0 fully saturated rings. The van der Waals surface area contributed by atoms with Crippen LogP contribution in [-0.2, 0) is 14.1 Å². The summed E-state index contributed by atoms with van der Waals surface area (Å²) >= 11 is 1.31. The van der Waals surface area contributed by atoms with Crippen LogP contribution in [-0.4, -0.2) is 21.6 Å². The fourth-order valence-corrected chi connectivity index (χ4v) is 3.89. The Balaban J connectivity index is 1.83. The predicted octanol–water partition coefficient (Wildman–Crippen LogP) is 3.74. The first-order chi connectivity index (χ1) is 15.4. The second-order valence-electron chi connectivity index (χ2n) is 7.00. The van der Waals surface area contributed by atoms with Gasteiger partial charge in [-0.2, -0.15) is 0 Å². The van der Waals surface area contributed by atoms with Crippen molar-refractivity contribution in [1.29, 1.82) is 0 Å². The molecular formula is C23H21N3O5S. The van der Waals surface area contributed by atoms with Gasteiger partial charge in [-0.15, -0.1) is 11.3 Å².